The number of hydrogen-bond acceptors (Lipinski definition) is 4. The Labute approximate surface area is 358 Å². The lowest BCUT2D eigenvalue weighted by Gasteiger charge is -2.39. The van der Waals surface area contributed by atoms with Crippen LogP contribution >= 0.6 is 0 Å². The Morgan fingerprint density at radius 1 is 0.729 bits per heavy atom. The first-order valence-corrected chi connectivity index (χ1v) is 22.4. The number of carbonyl (C=O) groups excluding carboxylic acids is 2. The number of nitrogens with zero attached hydrogens (tertiary/aromatic N) is 1. The highest BCUT2D eigenvalue weighted by Crippen LogP contribution is 2.46. The first-order chi connectivity index (χ1) is 27.3. The fourth-order valence-corrected chi connectivity index (χ4v) is 8.87. The van der Waals surface area contributed by atoms with Gasteiger partial charge >= 0.3 is 0 Å². The molecule has 1 atom stereocenters. The smallest absolute Gasteiger partial charge is 0.224 e. The minimum absolute atomic E-state index is 0.0107. The maximum absolute atomic E-state index is 14.2. The molecule has 2 aliphatic heterocycles. The summed E-state index contributed by atoms with van der Waals surface area (Å²) in [5.41, 5.74) is 11.6. The SMILES string of the molecule is CC(C)(C)C.Cc1cc(C2CCc3cccc(F)c3N2)cc(C)c1NC(=O)CC(C)(C)C.Cc1cc(CN2CCC3(CCCC3)CC2)cc(C)c1NC(=O)CC(C)(C)C. The van der Waals surface area contributed by atoms with E-state index >= 15 is 0 Å². The van der Waals surface area contributed by atoms with Crippen LogP contribution in [-0.2, 0) is 22.6 Å². The van der Waals surface area contributed by atoms with Crippen LogP contribution in [0.15, 0.2) is 42.5 Å². The van der Waals surface area contributed by atoms with Crippen LogP contribution in [-0.4, -0.2) is 29.8 Å². The third-order valence-electron chi connectivity index (χ3n) is 11.6. The Morgan fingerprint density at radius 3 is 1.64 bits per heavy atom. The quantitative estimate of drug-likeness (QED) is 0.222. The van der Waals surface area contributed by atoms with Crippen molar-refractivity contribution in [2.75, 3.05) is 29.0 Å². The summed E-state index contributed by atoms with van der Waals surface area (Å²) in [5.74, 6) is -0.0516. The number of benzene rings is 3. The number of likely N-dealkylation sites (tertiary alicyclic amines) is 1. The van der Waals surface area contributed by atoms with Crippen molar-refractivity contribution in [3.05, 3.63) is 87.2 Å². The molecule has 3 aliphatic rings. The van der Waals surface area contributed by atoms with Crippen LogP contribution in [0.1, 0.15) is 172 Å². The minimum Gasteiger partial charge on any atom is -0.376 e. The minimum atomic E-state index is -0.197. The van der Waals surface area contributed by atoms with E-state index < -0.39 is 0 Å². The molecule has 3 aromatic carbocycles. The van der Waals surface area contributed by atoms with E-state index in [0.29, 0.717) is 29.4 Å². The summed E-state index contributed by atoms with van der Waals surface area (Å²) < 4.78 is 14.2. The normalized spacial score (nSPS) is 17.8. The number of carbonyl (C=O) groups is 2. The van der Waals surface area contributed by atoms with E-state index in [-0.39, 0.29) is 34.5 Å². The summed E-state index contributed by atoms with van der Waals surface area (Å²) in [4.78, 5) is 27.3. The third kappa shape index (κ3) is 15.4. The highest BCUT2D eigenvalue weighted by molar-refractivity contribution is 5.93. The number of nitrogens with one attached hydrogen (secondary N) is 3. The summed E-state index contributed by atoms with van der Waals surface area (Å²) in [6.45, 7) is 33.0. The van der Waals surface area contributed by atoms with Crippen molar-refractivity contribution in [1.29, 1.82) is 0 Å². The number of halogens is 1. The van der Waals surface area contributed by atoms with Gasteiger partial charge in [-0.25, -0.2) is 4.39 Å². The summed E-state index contributed by atoms with van der Waals surface area (Å²) in [6.07, 6.45) is 11.4. The number of fused-ring (bicyclic) bond motifs is 1. The van der Waals surface area contributed by atoms with Crippen molar-refractivity contribution in [1.82, 2.24) is 4.90 Å². The molecule has 3 N–H and O–H groups in total. The zero-order valence-corrected chi connectivity index (χ0v) is 39.5. The number of para-hydroxylation sites is 1. The van der Waals surface area contributed by atoms with E-state index in [4.69, 9.17) is 0 Å². The van der Waals surface area contributed by atoms with E-state index in [2.05, 4.69) is 128 Å². The lowest BCUT2D eigenvalue weighted by atomic mass is 9.77. The lowest BCUT2D eigenvalue weighted by Crippen LogP contribution is -2.38. The predicted octanol–water partition coefficient (Wildman–Crippen LogP) is 13.8. The van der Waals surface area contributed by atoms with Gasteiger partial charge in [-0.2, -0.15) is 0 Å². The van der Waals surface area contributed by atoms with Crippen LogP contribution in [0.25, 0.3) is 0 Å². The van der Waals surface area contributed by atoms with Gasteiger partial charge in [0.1, 0.15) is 5.82 Å². The van der Waals surface area contributed by atoms with E-state index in [9.17, 15) is 14.0 Å². The van der Waals surface area contributed by atoms with E-state index in [1.165, 1.54) is 74.4 Å². The zero-order valence-electron chi connectivity index (χ0n) is 39.5. The third-order valence-corrected chi connectivity index (χ3v) is 11.6. The molecule has 1 spiro atoms. The maximum Gasteiger partial charge on any atom is 0.224 e. The fourth-order valence-electron chi connectivity index (χ4n) is 8.87. The second kappa shape index (κ2) is 19.8. The van der Waals surface area contributed by atoms with E-state index in [0.717, 1.165) is 53.0 Å². The van der Waals surface area contributed by atoms with Crippen LogP contribution in [0, 0.1) is 55.2 Å². The van der Waals surface area contributed by atoms with Crippen molar-refractivity contribution in [3.63, 3.8) is 0 Å². The Bertz CT molecular complexity index is 1840. The molecule has 0 aromatic heterocycles. The first-order valence-electron chi connectivity index (χ1n) is 22.4. The molecule has 1 aliphatic carbocycles. The molecule has 1 saturated heterocycles. The fraction of sp³-hybridized carbons (Fsp3) is 0.615. The van der Waals surface area contributed by atoms with Crippen LogP contribution in [0.4, 0.5) is 21.5 Å². The zero-order chi connectivity index (χ0) is 43.9. The summed E-state index contributed by atoms with van der Waals surface area (Å²) in [6, 6.07) is 14.0. The highest BCUT2D eigenvalue weighted by atomic mass is 19.1. The Morgan fingerprint density at radius 2 is 1.19 bits per heavy atom. The van der Waals surface area contributed by atoms with Crippen molar-refractivity contribution >= 4 is 28.9 Å². The number of piperidine rings is 1. The number of amides is 2. The van der Waals surface area contributed by atoms with Crippen molar-refractivity contribution in [2.24, 2.45) is 21.7 Å². The van der Waals surface area contributed by atoms with Crippen LogP contribution in [0.5, 0.6) is 0 Å². The van der Waals surface area contributed by atoms with Gasteiger partial charge in [0.2, 0.25) is 11.8 Å². The monoisotopic (exact) mass is 811 g/mol. The standard InChI is InChI=1S/C24H38N2O.C23H29FN2O.C5H12/c1-18-14-20(15-19(2)22(18)25-21(27)16-23(3,4)5)17-26-12-10-24(11-13-26)8-6-7-9-24;1-14-11-17(12-15(2)21(14)26-20(27)13-23(3,4)5)19-10-9-16-7-6-8-18(24)22(16)25-19;1-5(2,3)4/h14-15H,6-13,16-17H2,1-5H3,(H,25,27);6-8,11-12,19,25H,9-10,13H2,1-5H3,(H,26,27);1-4H3. The van der Waals surface area contributed by atoms with Gasteiger partial charge in [0, 0.05) is 30.8 Å². The predicted molar refractivity (Wildman–Crippen MR) is 249 cm³/mol. The molecule has 2 amide bonds. The Balaban J connectivity index is 0.000000234. The van der Waals surface area contributed by atoms with Crippen molar-refractivity contribution in [3.8, 4) is 0 Å². The molecule has 59 heavy (non-hydrogen) atoms. The molecule has 326 valence electrons. The van der Waals surface area contributed by atoms with Gasteiger partial charge in [0.05, 0.1) is 11.7 Å². The average molecular weight is 811 g/mol. The second-order valence-corrected chi connectivity index (χ2v) is 22.2. The van der Waals surface area contributed by atoms with E-state index in [1.807, 2.05) is 19.9 Å². The molecule has 0 bridgehead atoms. The van der Waals surface area contributed by atoms with Crippen LogP contribution in [0.2, 0.25) is 0 Å². The van der Waals surface area contributed by atoms with Gasteiger partial charge in [0.15, 0.2) is 0 Å². The molecule has 0 radical (unpaired) electrons. The topological polar surface area (TPSA) is 73.5 Å². The molecular weight excluding hydrogens is 732 g/mol. The van der Waals surface area contributed by atoms with Gasteiger partial charge < -0.3 is 16.0 Å². The molecular formula is C52H79FN4O2. The summed E-state index contributed by atoms with van der Waals surface area (Å²) in [5, 5.41) is 9.58. The average Bonchev–Trinajstić information content (AvgIpc) is 3.55. The number of anilines is 3. The summed E-state index contributed by atoms with van der Waals surface area (Å²) >= 11 is 0. The number of aryl methyl sites for hydroxylation is 5. The molecule has 6 nitrogen and oxygen atoms in total. The maximum atomic E-state index is 14.2. The molecule has 7 heteroatoms. The molecule has 3 aromatic rings. The number of rotatable bonds is 7. The van der Waals surface area contributed by atoms with Gasteiger partial charge in [-0.05, 0) is 146 Å². The van der Waals surface area contributed by atoms with Crippen molar-refractivity contribution in [2.45, 2.75) is 174 Å². The number of hydrogen-bond donors (Lipinski definition) is 3. The molecule has 2 heterocycles. The highest BCUT2D eigenvalue weighted by Gasteiger charge is 2.36. The van der Waals surface area contributed by atoms with Gasteiger partial charge in [-0.3, -0.25) is 14.5 Å². The van der Waals surface area contributed by atoms with Crippen molar-refractivity contribution < 1.29 is 14.0 Å². The largest absolute Gasteiger partial charge is 0.376 e. The lowest BCUT2D eigenvalue weighted by molar-refractivity contribution is -0.118. The van der Waals surface area contributed by atoms with Gasteiger partial charge in [-0.15, -0.1) is 0 Å². The Hall–Kier alpha value is -3.71. The molecule has 1 saturated carbocycles. The Kier molecular flexibility index (Phi) is 16.1. The van der Waals surface area contributed by atoms with Crippen LogP contribution in [0.3, 0.4) is 0 Å². The molecule has 1 unspecified atom stereocenters. The van der Waals surface area contributed by atoms with Gasteiger partial charge in [0.25, 0.3) is 0 Å². The van der Waals surface area contributed by atoms with Crippen LogP contribution < -0.4 is 16.0 Å². The second-order valence-electron chi connectivity index (χ2n) is 22.2. The van der Waals surface area contributed by atoms with Gasteiger partial charge in [-0.1, -0.05) is 118 Å². The first kappa shape index (κ1) is 48.0. The molecule has 6 rings (SSSR count). The summed E-state index contributed by atoms with van der Waals surface area (Å²) in [7, 11) is 0. The molecule has 2 fully saturated rings. The van der Waals surface area contributed by atoms with E-state index in [1.54, 1.807) is 6.07 Å².